The van der Waals surface area contributed by atoms with Gasteiger partial charge in [0.2, 0.25) is 0 Å². The standard InChI is InChI=1S/C28H27N2.C19H17N2.C17H19N2.3C12H6NO2.2C11H8N.6Ir/c1-18-9-8-10-19(2)26(18)25-17-29-27-22-12-7-6-11-21(22)23-15-20(16-28(3,4)5)13-14-24(23)30(25)27;1-19(2,3)14-8-9-16-17(12-14)21-11-10-13-6-4-5-7-15(13)18(21)20-16;1-11-12(2)19-10-15(17(3,4)5)13-8-6-7-9-14(13)16(19)18-11;3*14-12-9-5-3-7-13-11(9)8-4-1-2-6-10(8)15-12;2*1-2-6-10(7-3-1)11-8-4-5-9-12-11;;;;;;/h6-11,13-15,17H,16H2,1-5H3;4-6,8-12H,1-3H3;6-8,10H,1-5H3;3*1-3,5-7H;2*1-6,8-9H;;;;;;/q8*-1;;;;;;. The van der Waals surface area contributed by atoms with Crippen LogP contribution in [-0.4, -0.2) is 53.1 Å². The Morgan fingerprint density at radius 1 is 0.345 bits per heavy atom. The van der Waals surface area contributed by atoms with E-state index in [4.69, 9.17) is 28.2 Å². The van der Waals surface area contributed by atoms with Gasteiger partial charge >= 0.3 is 16.9 Å². The summed E-state index contributed by atoms with van der Waals surface area (Å²) < 4.78 is 22.1. The zero-order chi connectivity index (χ0) is 96.6. The largest absolute Gasteiger partial charge is 0.472 e. The van der Waals surface area contributed by atoms with Gasteiger partial charge in [-0.3, -0.25) is 15.0 Å². The summed E-state index contributed by atoms with van der Waals surface area (Å²) in [5.41, 5.74) is 24.6. The monoisotopic (exact) mass is 2970 g/mol. The first-order valence-electron chi connectivity index (χ1n) is 45.9. The van der Waals surface area contributed by atoms with Gasteiger partial charge in [0.15, 0.2) is 0 Å². The molecule has 6 radical (unpaired) electrons. The summed E-state index contributed by atoms with van der Waals surface area (Å²) in [6.07, 6.45) is 16.0. The number of rotatable bonds is 4. The maximum Gasteiger partial charge on any atom is 0.327 e. The second kappa shape index (κ2) is 48.7. The van der Waals surface area contributed by atoms with Crippen molar-refractivity contribution in [3.05, 3.63) is 460 Å². The van der Waals surface area contributed by atoms with E-state index in [9.17, 15) is 14.4 Å². The van der Waals surface area contributed by atoms with Crippen LogP contribution in [0.1, 0.15) is 102 Å². The van der Waals surface area contributed by atoms with E-state index >= 15 is 0 Å². The molecule has 0 aliphatic rings. The molecule has 14 aromatic heterocycles. The second-order valence-electron chi connectivity index (χ2n) is 37.0. The third-order valence-electron chi connectivity index (χ3n) is 24.0. The molecular weight excluding hydrogens is 2870 g/mol. The van der Waals surface area contributed by atoms with Crippen molar-refractivity contribution in [3.63, 3.8) is 0 Å². The molecule has 11 aromatic carbocycles. The Morgan fingerprint density at radius 3 is 1.27 bits per heavy atom. The maximum atomic E-state index is 11.6. The number of benzene rings is 11. The molecule has 23 heteroatoms. The van der Waals surface area contributed by atoms with E-state index < -0.39 is 0 Å². The molecule has 0 fully saturated rings. The van der Waals surface area contributed by atoms with Gasteiger partial charge in [0.1, 0.15) is 0 Å². The molecule has 0 aliphatic heterocycles. The Morgan fingerprint density at radius 2 is 0.793 bits per heavy atom. The summed E-state index contributed by atoms with van der Waals surface area (Å²) >= 11 is 0. The number of aryl methyl sites for hydroxylation is 4. The zero-order valence-corrected chi connectivity index (χ0v) is 95.8. The van der Waals surface area contributed by atoms with E-state index in [1.54, 1.807) is 122 Å². The van der Waals surface area contributed by atoms with E-state index in [2.05, 4.69) is 280 Å². The first-order valence-corrected chi connectivity index (χ1v) is 45.9. The molecule has 738 valence electrons. The van der Waals surface area contributed by atoms with Crippen molar-refractivity contribution in [3.8, 4) is 33.8 Å². The van der Waals surface area contributed by atoms with E-state index in [1.165, 1.54) is 66.1 Å². The average molecular weight is 2970 g/mol. The van der Waals surface area contributed by atoms with E-state index in [-0.39, 0.29) is 154 Å². The molecular formula is C122H97Ir6N11O6-8. The molecule has 25 rings (SSSR count). The predicted molar refractivity (Wildman–Crippen MR) is 561 cm³/mol. The van der Waals surface area contributed by atoms with Crippen LogP contribution in [0.25, 0.3) is 171 Å². The zero-order valence-electron chi connectivity index (χ0n) is 81.4. The third-order valence-corrected chi connectivity index (χ3v) is 24.0. The minimum atomic E-state index is -0.356. The van der Waals surface area contributed by atoms with E-state index in [0.29, 0.717) is 49.5 Å². The van der Waals surface area contributed by atoms with E-state index in [0.717, 1.165) is 101 Å². The molecule has 0 N–H and O–H groups in total. The summed E-state index contributed by atoms with van der Waals surface area (Å²) in [7, 11) is 0. The van der Waals surface area contributed by atoms with Gasteiger partial charge in [-0.1, -0.05) is 180 Å². The number of imidazole rings is 3. The van der Waals surface area contributed by atoms with Crippen LogP contribution >= 0.6 is 0 Å². The van der Waals surface area contributed by atoms with Crippen LogP contribution in [0.15, 0.2) is 368 Å². The molecule has 0 amide bonds. The summed E-state index contributed by atoms with van der Waals surface area (Å²) in [5, 5.41) is 11.9. The van der Waals surface area contributed by atoms with Crippen molar-refractivity contribution in [1.29, 1.82) is 0 Å². The Labute approximate surface area is 921 Å². The number of nitrogens with zero attached hydrogens (tertiary/aromatic N) is 11. The van der Waals surface area contributed by atoms with Crippen molar-refractivity contribution in [1.82, 2.24) is 53.1 Å². The van der Waals surface area contributed by atoms with Crippen LogP contribution < -0.4 is 16.9 Å². The maximum absolute atomic E-state index is 11.6. The van der Waals surface area contributed by atoms with Crippen molar-refractivity contribution < 1.29 is 134 Å². The van der Waals surface area contributed by atoms with Crippen LogP contribution in [0.5, 0.6) is 0 Å². The molecule has 0 aliphatic carbocycles. The van der Waals surface area contributed by atoms with Gasteiger partial charge in [0.05, 0.1) is 33.7 Å². The molecule has 17 nitrogen and oxygen atoms in total. The molecule has 25 aromatic rings. The van der Waals surface area contributed by atoms with Crippen molar-refractivity contribution in [2.45, 2.75) is 107 Å². The molecule has 0 saturated heterocycles. The van der Waals surface area contributed by atoms with Gasteiger partial charge in [0.25, 0.3) is 0 Å². The topological polar surface area (TPSA) is 207 Å². The van der Waals surface area contributed by atoms with Gasteiger partial charge in [-0.2, -0.15) is 0 Å². The molecule has 145 heavy (non-hydrogen) atoms. The molecule has 0 atom stereocenters. The number of hydrogen-bond acceptors (Lipinski definition) is 14. The van der Waals surface area contributed by atoms with Gasteiger partial charge in [-0.15, -0.1) is 239 Å². The van der Waals surface area contributed by atoms with Crippen molar-refractivity contribution >= 4 is 137 Å². The quantitative estimate of drug-likeness (QED) is 0.0913. The molecule has 14 heterocycles. The summed E-state index contributed by atoms with van der Waals surface area (Å²) in [4.78, 5) is 70.1. The van der Waals surface area contributed by atoms with Crippen LogP contribution in [0.2, 0.25) is 0 Å². The summed E-state index contributed by atoms with van der Waals surface area (Å²) in [5.74, 6) is 0. The number of pyridine rings is 8. The third kappa shape index (κ3) is 24.7. The smallest absolute Gasteiger partial charge is 0.327 e. The Balaban J connectivity index is 0.000000149. The Bertz CT molecular complexity index is 8570. The Kier molecular flexibility index (Phi) is 37.2. The molecule has 0 spiro atoms. The SMILES string of the molecule is CC(C)(C)c1ccc2nc3c4[c-]cccc4ccn3c2c1.Cc1cccc(C)c1-c1cnc2c3[c-]cccc3c3cc(CC(C)(C)C)ccc3n12.Cc1nc2c3[c-]cccc3c(C(C)(C)C)cn2c1C.O=c1oc2ccc[c-]c2c2ncccc12.O=c1oc2ccc[c-]c2c2ncccc12.O=c1oc2ccc[c-]c2c2ncccc12.[Ir].[Ir].[Ir].[Ir].[Ir].[Ir].[c-]1ccccc1-c1ccccn1.[c-]1ccccc1-c1ccccn1. The predicted octanol–water partition coefficient (Wildman–Crippen LogP) is 27.8. The summed E-state index contributed by atoms with van der Waals surface area (Å²) in [6.45, 7) is 28.9. The number of hydrogen-bond donors (Lipinski definition) is 0. The first kappa shape index (κ1) is 111. The van der Waals surface area contributed by atoms with Gasteiger partial charge in [-0.25, -0.2) is 14.4 Å². The fraction of sp³-hybridized carbons (Fsp3) is 0.139. The fourth-order valence-corrected chi connectivity index (χ4v) is 17.2. The molecule has 0 unspecified atom stereocenters. The number of aromatic nitrogens is 11. The normalized spacial score (nSPS) is 11.0. The molecule has 0 saturated carbocycles. The van der Waals surface area contributed by atoms with Crippen LogP contribution in [0.3, 0.4) is 0 Å². The van der Waals surface area contributed by atoms with Crippen LogP contribution in [0.4, 0.5) is 0 Å². The molecule has 0 bridgehead atoms. The first-order chi connectivity index (χ1) is 67.3. The van der Waals surface area contributed by atoms with Crippen LogP contribution in [0, 0.1) is 81.6 Å². The minimum absolute atomic E-state index is 0. The van der Waals surface area contributed by atoms with Gasteiger partial charge in [-0.05, 0) is 150 Å². The average Bonchev–Trinajstić information content (AvgIpc) is 1.61. The minimum Gasteiger partial charge on any atom is -0.472 e. The summed E-state index contributed by atoms with van der Waals surface area (Å²) in [6, 6.07) is 120. The van der Waals surface area contributed by atoms with Crippen molar-refractivity contribution in [2.24, 2.45) is 5.41 Å². The number of fused-ring (bicyclic) bond motifs is 23. The van der Waals surface area contributed by atoms with E-state index in [1.807, 2.05) is 115 Å². The van der Waals surface area contributed by atoms with Gasteiger partial charge < -0.3 is 51.4 Å². The van der Waals surface area contributed by atoms with Gasteiger partial charge in [0, 0.05) is 230 Å². The second-order valence-corrected chi connectivity index (χ2v) is 37.0. The Hall–Kier alpha value is -13.2. The van der Waals surface area contributed by atoms with Crippen molar-refractivity contribution in [2.75, 3.05) is 0 Å². The fourth-order valence-electron chi connectivity index (χ4n) is 17.2. The van der Waals surface area contributed by atoms with Crippen LogP contribution in [-0.2, 0) is 138 Å².